The summed E-state index contributed by atoms with van der Waals surface area (Å²) >= 11 is 0. The smallest absolute Gasteiger partial charge is 0.327 e. The first-order chi connectivity index (χ1) is 12.1. The van der Waals surface area contributed by atoms with Crippen molar-refractivity contribution in [1.29, 1.82) is 0 Å². The molecular weight excluding hydrogens is 360 g/mol. The molecule has 27 heavy (non-hydrogen) atoms. The van der Waals surface area contributed by atoms with E-state index in [0.29, 0.717) is 0 Å². The molecule has 0 saturated carbocycles. The summed E-state index contributed by atoms with van der Waals surface area (Å²) in [6, 6.07) is 0. The van der Waals surface area contributed by atoms with E-state index in [2.05, 4.69) is 11.3 Å². The third-order valence-corrected chi connectivity index (χ3v) is 3.11. The third-order valence-electron chi connectivity index (χ3n) is 3.11. The molecule has 0 aromatic heterocycles. The molecule has 0 heterocycles. The van der Waals surface area contributed by atoms with Gasteiger partial charge in [0.25, 0.3) is 0 Å². The van der Waals surface area contributed by atoms with E-state index in [-0.39, 0.29) is 18.6 Å². The number of carbonyl (C=O) groups is 3. The van der Waals surface area contributed by atoms with E-state index in [4.69, 9.17) is 25.5 Å². The van der Waals surface area contributed by atoms with Gasteiger partial charge in [0.05, 0.1) is 37.3 Å². The molecule has 9 heteroatoms. The van der Waals surface area contributed by atoms with Gasteiger partial charge in [0.1, 0.15) is 0 Å². The van der Waals surface area contributed by atoms with Crippen molar-refractivity contribution in [3.8, 4) is 0 Å². The number of carboxylic acid groups (broad SMARTS) is 1. The van der Waals surface area contributed by atoms with Crippen molar-refractivity contribution in [2.24, 2.45) is 16.2 Å². The second-order valence-corrected chi connectivity index (χ2v) is 7.78. The van der Waals surface area contributed by atoms with Gasteiger partial charge >= 0.3 is 17.9 Å². The summed E-state index contributed by atoms with van der Waals surface area (Å²) < 4.78 is 4.56. The molecule has 0 rings (SSSR count). The minimum absolute atomic E-state index is 0.0451. The molecular formula is C18H34O9. The Morgan fingerprint density at radius 1 is 0.778 bits per heavy atom. The lowest BCUT2D eigenvalue weighted by Crippen LogP contribution is -2.38. The minimum Gasteiger partial charge on any atom is -0.478 e. The predicted molar refractivity (Wildman–Crippen MR) is 98.6 cm³/mol. The molecule has 9 nitrogen and oxygen atoms in total. The maximum Gasteiger partial charge on any atom is 0.327 e. The second-order valence-electron chi connectivity index (χ2n) is 7.78. The number of ether oxygens (including phenoxy) is 1. The molecule has 0 fully saturated rings. The standard InChI is InChI=1S/C10H18O5.C5H12O2.C3H4O2/c1-9(2,5-11)7(13)15-8(14)10(3,4)6-12;1-5(2,3-6)4-7;1-2-3(4)5/h11-12H,5-6H2,1-4H3;6-7H,3-4H2,1-2H3;2H,1H2,(H,4,5). The van der Waals surface area contributed by atoms with Crippen LogP contribution in [0.2, 0.25) is 0 Å². The molecule has 0 radical (unpaired) electrons. The summed E-state index contributed by atoms with van der Waals surface area (Å²) in [7, 11) is 0. The molecule has 0 aliphatic carbocycles. The fourth-order valence-corrected chi connectivity index (χ4v) is 0.540. The van der Waals surface area contributed by atoms with Gasteiger partial charge in [0, 0.05) is 11.5 Å². The fraction of sp³-hybridized carbons (Fsp3) is 0.722. The summed E-state index contributed by atoms with van der Waals surface area (Å²) in [5, 5.41) is 42.2. The van der Waals surface area contributed by atoms with Crippen molar-refractivity contribution in [3.05, 3.63) is 12.7 Å². The largest absolute Gasteiger partial charge is 0.478 e. The average Bonchev–Trinajstić information content (AvgIpc) is 2.62. The number of hydrogen-bond donors (Lipinski definition) is 5. The zero-order valence-corrected chi connectivity index (χ0v) is 17.0. The van der Waals surface area contributed by atoms with Gasteiger partial charge in [-0.3, -0.25) is 9.59 Å². The van der Waals surface area contributed by atoms with Gasteiger partial charge < -0.3 is 30.3 Å². The molecule has 0 atom stereocenters. The average molecular weight is 394 g/mol. The summed E-state index contributed by atoms with van der Waals surface area (Å²) in [4.78, 5) is 32.0. The number of hydrogen-bond acceptors (Lipinski definition) is 8. The molecule has 0 spiro atoms. The van der Waals surface area contributed by atoms with Gasteiger partial charge in [0.2, 0.25) is 0 Å². The first-order valence-corrected chi connectivity index (χ1v) is 8.12. The first-order valence-electron chi connectivity index (χ1n) is 8.12. The Morgan fingerprint density at radius 3 is 1.15 bits per heavy atom. The Bertz CT molecular complexity index is 447. The molecule has 160 valence electrons. The highest BCUT2D eigenvalue weighted by molar-refractivity contribution is 5.91. The van der Waals surface area contributed by atoms with Crippen LogP contribution in [0.25, 0.3) is 0 Å². The molecule has 0 aromatic carbocycles. The first kappa shape index (κ1) is 29.9. The van der Waals surface area contributed by atoms with Gasteiger partial charge in [-0.05, 0) is 27.7 Å². The van der Waals surface area contributed by atoms with Gasteiger partial charge in [-0.15, -0.1) is 0 Å². The summed E-state index contributed by atoms with van der Waals surface area (Å²) in [5.41, 5.74) is -2.53. The monoisotopic (exact) mass is 394 g/mol. The Kier molecular flexibility index (Phi) is 14.8. The van der Waals surface area contributed by atoms with Crippen LogP contribution in [-0.2, 0) is 19.1 Å². The number of aliphatic carboxylic acids is 1. The molecule has 0 aromatic rings. The SMILES string of the molecule is C=CC(=O)O.CC(C)(CO)C(=O)OC(=O)C(C)(C)CO.CC(C)(CO)CO. The molecule has 5 N–H and O–H groups in total. The minimum atomic E-state index is -1.11. The van der Waals surface area contributed by atoms with Crippen molar-refractivity contribution in [1.82, 2.24) is 0 Å². The third kappa shape index (κ3) is 15.0. The zero-order chi connectivity index (χ0) is 22.5. The van der Waals surface area contributed by atoms with Gasteiger partial charge in [-0.25, -0.2) is 4.79 Å². The highest BCUT2D eigenvalue weighted by Gasteiger charge is 2.36. The number of carbonyl (C=O) groups excluding carboxylic acids is 2. The summed E-state index contributed by atoms with van der Waals surface area (Å²) in [5.74, 6) is -2.57. The number of aliphatic hydroxyl groups excluding tert-OH is 4. The predicted octanol–water partition coefficient (Wildman–Crippen LogP) is 0.347. The molecule has 0 saturated heterocycles. The lowest BCUT2D eigenvalue weighted by Gasteiger charge is -2.23. The molecule has 0 bridgehead atoms. The van der Waals surface area contributed by atoms with Crippen LogP contribution in [0.1, 0.15) is 41.5 Å². The lowest BCUT2D eigenvalue weighted by molar-refractivity contribution is -0.174. The van der Waals surface area contributed by atoms with Crippen LogP contribution in [0.15, 0.2) is 12.7 Å². The van der Waals surface area contributed by atoms with E-state index in [1.54, 1.807) is 13.8 Å². The van der Waals surface area contributed by atoms with E-state index >= 15 is 0 Å². The van der Waals surface area contributed by atoms with Gasteiger partial charge in [0.15, 0.2) is 0 Å². The van der Waals surface area contributed by atoms with Crippen molar-refractivity contribution >= 4 is 17.9 Å². The van der Waals surface area contributed by atoms with Crippen LogP contribution in [-0.4, -0.2) is 69.9 Å². The maximum atomic E-state index is 11.4. The van der Waals surface area contributed by atoms with Crippen molar-refractivity contribution in [3.63, 3.8) is 0 Å². The van der Waals surface area contributed by atoms with Gasteiger partial charge in [-0.2, -0.15) is 0 Å². The van der Waals surface area contributed by atoms with Gasteiger partial charge in [-0.1, -0.05) is 20.4 Å². The van der Waals surface area contributed by atoms with Crippen LogP contribution in [0.3, 0.4) is 0 Å². The quantitative estimate of drug-likeness (QED) is 0.233. The van der Waals surface area contributed by atoms with Crippen LogP contribution in [0.5, 0.6) is 0 Å². The Labute approximate surface area is 160 Å². The molecule has 0 aliphatic heterocycles. The van der Waals surface area contributed by atoms with Crippen molar-refractivity contribution in [2.75, 3.05) is 26.4 Å². The van der Waals surface area contributed by atoms with E-state index in [1.807, 2.05) is 0 Å². The van der Waals surface area contributed by atoms with E-state index in [1.165, 1.54) is 27.7 Å². The fourth-order valence-electron chi connectivity index (χ4n) is 0.540. The number of rotatable bonds is 7. The summed E-state index contributed by atoms with van der Waals surface area (Å²) in [6.45, 7) is 11.7. The second kappa shape index (κ2) is 13.4. The van der Waals surface area contributed by atoms with Crippen LogP contribution in [0.4, 0.5) is 0 Å². The van der Waals surface area contributed by atoms with E-state index in [9.17, 15) is 14.4 Å². The number of carboxylic acids is 1. The maximum absolute atomic E-state index is 11.4. The topological polar surface area (TPSA) is 162 Å². The molecule has 0 unspecified atom stereocenters. The van der Waals surface area contributed by atoms with Crippen molar-refractivity contribution in [2.45, 2.75) is 41.5 Å². The summed E-state index contributed by atoms with van der Waals surface area (Å²) in [6.07, 6.45) is 0.833. The van der Waals surface area contributed by atoms with E-state index < -0.39 is 42.0 Å². The lowest BCUT2D eigenvalue weighted by atomic mass is 9.93. The number of aliphatic hydroxyl groups is 4. The highest BCUT2D eigenvalue weighted by Crippen LogP contribution is 2.21. The Hall–Kier alpha value is -1.81. The van der Waals surface area contributed by atoms with Crippen molar-refractivity contribution < 1.29 is 44.7 Å². The van der Waals surface area contributed by atoms with Crippen LogP contribution in [0, 0.1) is 16.2 Å². The number of esters is 2. The molecule has 0 aliphatic rings. The Balaban J connectivity index is -0.000000396. The highest BCUT2D eigenvalue weighted by atomic mass is 16.6. The van der Waals surface area contributed by atoms with Crippen LogP contribution < -0.4 is 0 Å². The van der Waals surface area contributed by atoms with E-state index in [0.717, 1.165) is 6.08 Å². The Morgan fingerprint density at radius 2 is 1.04 bits per heavy atom. The van der Waals surface area contributed by atoms with Crippen LogP contribution >= 0.6 is 0 Å². The normalized spacial score (nSPS) is 11.2. The zero-order valence-electron chi connectivity index (χ0n) is 17.0. The molecule has 0 amide bonds.